The van der Waals surface area contributed by atoms with Gasteiger partial charge in [-0.3, -0.25) is 4.99 Å². The highest BCUT2D eigenvalue weighted by Gasteiger charge is 2.01. The third kappa shape index (κ3) is 8.65. The minimum Gasteiger partial charge on any atom is -0.370 e. The number of hydrogen-bond acceptors (Lipinski definition) is 2. The quantitative estimate of drug-likeness (QED) is 0.313. The van der Waals surface area contributed by atoms with Crippen LogP contribution in [0.2, 0.25) is 0 Å². The third-order valence-electron chi connectivity index (χ3n) is 2.89. The van der Waals surface area contributed by atoms with Crippen molar-refractivity contribution in [3.63, 3.8) is 0 Å². The van der Waals surface area contributed by atoms with Crippen molar-refractivity contribution in [2.24, 2.45) is 10.7 Å². The maximum Gasteiger partial charge on any atom is 0.191 e. The van der Waals surface area contributed by atoms with E-state index in [1.807, 2.05) is 0 Å². The first-order chi connectivity index (χ1) is 7.69. The Labute approximate surface area is 124 Å². The molecule has 2 N–H and O–H groups in total. The SMILES string of the molecule is CCN(CC)CCCN=C(N)N(CC)CC.I. The monoisotopic (exact) mass is 356 g/mol. The maximum absolute atomic E-state index is 5.88. The van der Waals surface area contributed by atoms with Crippen LogP contribution in [-0.2, 0) is 0 Å². The van der Waals surface area contributed by atoms with Crippen molar-refractivity contribution in [1.29, 1.82) is 0 Å². The van der Waals surface area contributed by atoms with Crippen LogP contribution < -0.4 is 5.73 Å². The van der Waals surface area contributed by atoms with Crippen LogP contribution in [0, 0.1) is 0 Å². The first kappa shape index (κ1) is 19.3. The fourth-order valence-corrected chi connectivity index (χ4v) is 1.68. The lowest BCUT2D eigenvalue weighted by Gasteiger charge is -2.20. The van der Waals surface area contributed by atoms with Crippen molar-refractivity contribution < 1.29 is 0 Å². The topological polar surface area (TPSA) is 44.9 Å². The molecule has 4 nitrogen and oxygen atoms in total. The molecule has 104 valence electrons. The van der Waals surface area contributed by atoms with Crippen molar-refractivity contribution in [2.45, 2.75) is 34.1 Å². The number of hydrogen-bond donors (Lipinski definition) is 1. The average Bonchev–Trinajstić information content (AvgIpc) is 2.31. The van der Waals surface area contributed by atoms with Crippen LogP contribution in [0.4, 0.5) is 0 Å². The normalized spacial score (nSPS) is 11.5. The summed E-state index contributed by atoms with van der Waals surface area (Å²) in [4.78, 5) is 8.89. The zero-order chi connectivity index (χ0) is 12.4. The Hall–Kier alpha value is -0.0400. The molecule has 0 aromatic heterocycles. The van der Waals surface area contributed by atoms with E-state index in [0.29, 0.717) is 5.96 Å². The van der Waals surface area contributed by atoms with Gasteiger partial charge in [-0.2, -0.15) is 0 Å². The van der Waals surface area contributed by atoms with Gasteiger partial charge in [0.1, 0.15) is 0 Å². The molecule has 0 bridgehead atoms. The van der Waals surface area contributed by atoms with Crippen LogP contribution in [-0.4, -0.2) is 55.0 Å². The van der Waals surface area contributed by atoms with E-state index < -0.39 is 0 Å². The molecule has 0 aromatic rings. The van der Waals surface area contributed by atoms with Crippen molar-refractivity contribution in [2.75, 3.05) is 39.3 Å². The number of rotatable bonds is 8. The molecule has 17 heavy (non-hydrogen) atoms. The minimum absolute atomic E-state index is 0. The Balaban J connectivity index is 0. The second kappa shape index (κ2) is 12.4. The summed E-state index contributed by atoms with van der Waals surface area (Å²) in [6.45, 7) is 14.6. The highest BCUT2D eigenvalue weighted by atomic mass is 127. The largest absolute Gasteiger partial charge is 0.370 e. The van der Waals surface area contributed by atoms with Gasteiger partial charge in [-0.1, -0.05) is 13.8 Å². The van der Waals surface area contributed by atoms with Gasteiger partial charge in [-0.15, -0.1) is 24.0 Å². The van der Waals surface area contributed by atoms with E-state index in [-0.39, 0.29) is 24.0 Å². The molecule has 0 heterocycles. The Morgan fingerprint density at radius 2 is 1.53 bits per heavy atom. The van der Waals surface area contributed by atoms with Gasteiger partial charge < -0.3 is 15.5 Å². The molecule has 0 unspecified atom stereocenters. The van der Waals surface area contributed by atoms with Gasteiger partial charge in [-0.05, 0) is 39.9 Å². The molecule has 0 amide bonds. The predicted octanol–water partition coefficient (Wildman–Crippen LogP) is 1.99. The zero-order valence-electron chi connectivity index (χ0n) is 11.8. The molecule has 0 aliphatic heterocycles. The summed E-state index contributed by atoms with van der Waals surface area (Å²) in [7, 11) is 0. The van der Waals surface area contributed by atoms with E-state index in [4.69, 9.17) is 5.73 Å². The molecule has 0 saturated carbocycles. The van der Waals surface area contributed by atoms with Crippen LogP contribution >= 0.6 is 24.0 Å². The fraction of sp³-hybridized carbons (Fsp3) is 0.917. The number of nitrogens with two attached hydrogens (primary N) is 1. The Morgan fingerprint density at radius 1 is 1.00 bits per heavy atom. The lowest BCUT2D eigenvalue weighted by atomic mass is 10.4. The van der Waals surface area contributed by atoms with Crippen LogP contribution in [0.15, 0.2) is 4.99 Å². The second-order valence-electron chi connectivity index (χ2n) is 3.79. The van der Waals surface area contributed by atoms with E-state index >= 15 is 0 Å². The summed E-state index contributed by atoms with van der Waals surface area (Å²) in [5.41, 5.74) is 5.88. The molecule has 5 heteroatoms. The number of nitrogens with zero attached hydrogens (tertiary/aromatic N) is 3. The average molecular weight is 356 g/mol. The van der Waals surface area contributed by atoms with Crippen LogP contribution in [0.5, 0.6) is 0 Å². The van der Waals surface area contributed by atoms with Gasteiger partial charge in [0.2, 0.25) is 0 Å². The molecule has 0 aromatic carbocycles. The summed E-state index contributed by atoms with van der Waals surface area (Å²) >= 11 is 0. The molecule has 0 aliphatic rings. The van der Waals surface area contributed by atoms with E-state index in [1.165, 1.54) is 0 Å². The lowest BCUT2D eigenvalue weighted by Crippen LogP contribution is -2.37. The standard InChI is InChI=1S/C12H28N4.HI/c1-5-15(6-2)11-9-10-14-12(13)16(7-3)8-4;/h5-11H2,1-4H3,(H2,13,14);1H. The highest BCUT2D eigenvalue weighted by Crippen LogP contribution is 1.92. The van der Waals surface area contributed by atoms with Crippen molar-refractivity contribution in [3.05, 3.63) is 0 Å². The number of guanidine groups is 1. The lowest BCUT2D eigenvalue weighted by molar-refractivity contribution is 0.301. The summed E-state index contributed by atoms with van der Waals surface area (Å²) < 4.78 is 0. The van der Waals surface area contributed by atoms with Gasteiger partial charge in [0, 0.05) is 19.6 Å². The van der Waals surface area contributed by atoms with E-state index in [0.717, 1.165) is 45.7 Å². The van der Waals surface area contributed by atoms with E-state index in [1.54, 1.807) is 0 Å². The molecule has 0 aliphatic carbocycles. The molecular weight excluding hydrogens is 327 g/mol. The summed E-state index contributed by atoms with van der Waals surface area (Å²) in [6, 6.07) is 0. The fourth-order valence-electron chi connectivity index (χ4n) is 1.68. The molecule has 0 spiro atoms. The number of aliphatic imine (C=N–C) groups is 1. The Kier molecular flexibility index (Phi) is 14.1. The molecule has 0 radical (unpaired) electrons. The van der Waals surface area contributed by atoms with Crippen molar-refractivity contribution in [1.82, 2.24) is 9.80 Å². The molecule has 0 rings (SSSR count). The van der Waals surface area contributed by atoms with E-state index in [9.17, 15) is 0 Å². The number of halogens is 1. The minimum atomic E-state index is 0. The molecule has 0 atom stereocenters. The second-order valence-corrected chi connectivity index (χ2v) is 3.79. The van der Waals surface area contributed by atoms with Gasteiger partial charge in [-0.25, -0.2) is 0 Å². The Morgan fingerprint density at radius 3 is 1.94 bits per heavy atom. The van der Waals surface area contributed by atoms with Crippen molar-refractivity contribution >= 4 is 29.9 Å². The smallest absolute Gasteiger partial charge is 0.191 e. The Bertz CT molecular complexity index is 189. The van der Waals surface area contributed by atoms with Crippen molar-refractivity contribution in [3.8, 4) is 0 Å². The third-order valence-corrected chi connectivity index (χ3v) is 2.89. The van der Waals surface area contributed by atoms with E-state index in [2.05, 4.69) is 42.5 Å². The van der Waals surface area contributed by atoms with Crippen LogP contribution in [0.1, 0.15) is 34.1 Å². The summed E-state index contributed by atoms with van der Waals surface area (Å²) in [6.07, 6.45) is 1.09. The van der Waals surface area contributed by atoms with Crippen LogP contribution in [0.25, 0.3) is 0 Å². The summed E-state index contributed by atoms with van der Waals surface area (Å²) in [5.74, 6) is 0.685. The van der Waals surface area contributed by atoms with Gasteiger partial charge >= 0.3 is 0 Å². The highest BCUT2D eigenvalue weighted by molar-refractivity contribution is 14.0. The molecular formula is C12H29IN4. The van der Waals surface area contributed by atoms with Gasteiger partial charge in [0.05, 0.1) is 0 Å². The maximum atomic E-state index is 5.88. The van der Waals surface area contributed by atoms with Crippen LogP contribution in [0.3, 0.4) is 0 Å². The first-order valence-corrected chi connectivity index (χ1v) is 6.46. The zero-order valence-corrected chi connectivity index (χ0v) is 14.1. The molecule has 0 saturated heterocycles. The summed E-state index contributed by atoms with van der Waals surface area (Å²) in [5, 5.41) is 0. The van der Waals surface area contributed by atoms with Gasteiger partial charge in [0.25, 0.3) is 0 Å². The first-order valence-electron chi connectivity index (χ1n) is 6.46. The predicted molar refractivity (Wildman–Crippen MR) is 87.2 cm³/mol. The molecule has 0 fully saturated rings. The van der Waals surface area contributed by atoms with Gasteiger partial charge in [0.15, 0.2) is 5.96 Å².